The molecule has 1 fully saturated rings. The lowest BCUT2D eigenvalue weighted by molar-refractivity contribution is 0.0167. The van der Waals surface area contributed by atoms with E-state index >= 15 is 0 Å². The SMILES string of the molecule is CC(C)(C)OC(=O)N1CCC[C@H](CNC(=O)c2cccc(C#N)c2)C1. The number of ether oxygens (including phenoxy) is 1. The summed E-state index contributed by atoms with van der Waals surface area (Å²) >= 11 is 0. The van der Waals surface area contributed by atoms with Crippen LogP contribution < -0.4 is 5.32 Å². The Balaban J connectivity index is 1.87. The summed E-state index contributed by atoms with van der Waals surface area (Å²) in [4.78, 5) is 26.1. The molecule has 0 aromatic heterocycles. The van der Waals surface area contributed by atoms with E-state index in [0.29, 0.717) is 30.8 Å². The zero-order chi connectivity index (χ0) is 18.4. The van der Waals surface area contributed by atoms with Crippen LogP contribution in [0.4, 0.5) is 4.79 Å². The van der Waals surface area contributed by atoms with Crippen molar-refractivity contribution in [1.29, 1.82) is 5.26 Å². The molecule has 1 N–H and O–H groups in total. The second-order valence-electron chi connectivity index (χ2n) is 7.34. The number of piperidine rings is 1. The Bertz CT molecular complexity index is 673. The van der Waals surface area contributed by atoms with Crippen LogP contribution in [0.3, 0.4) is 0 Å². The smallest absolute Gasteiger partial charge is 0.410 e. The molecule has 1 aromatic carbocycles. The van der Waals surface area contributed by atoms with Gasteiger partial charge in [-0.25, -0.2) is 4.79 Å². The van der Waals surface area contributed by atoms with E-state index in [-0.39, 0.29) is 17.9 Å². The number of nitriles is 1. The van der Waals surface area contributed by atoms with E-state index in [4.69, 9.17) is 10.00 Å². The summed E-state index contributed by atoms with van der Waals surface area (Å²) in [6.45, 7) is 7.30. The van der Waals surface area contributed by atoms with E-state index in [1.54, 1.807) is 29.2 Å². The fourth-order valence-corrected chi connectivity index (χ4v) is 2.79. The minimum Gasteiger partial charge on any atom is -0.444 e. The highest BCUT2D eigenvalue weighted by atomic mass is 16.6. The van der Waals surface area contributed by atoms with Crippen molar-refractivity contribution >= 4 is 12.0 Å². The van der Waals surface area contributed by atoms with E-state index in [9.17, 15) is 9.59 Å². The van der Waals surface area contributed by atoms with Gasteiger partial charge < -0.3 is 15.0 Å². The third-order valence-corrected chi connectivity index (χ3v) is 3.98. The van der Waals surface area contributed by atoms with Gasteiger partial charge in [-0.2, -0.15) is 5.26 Å². The van der Waals surface area contributed by atoms with Crippen LogP contribution in [0.2, 0.25) is 0 Å². The molecule has 0 aliphatic carbocycles. The molecule has 6 heteroatoms. The number of nitrogens with zero attached hydrogens (tertiary/aromatic N) is 2. The third-order valence-electron chi connectivity index (χ3n) is 3.98. The summed E-state index contributed by atoms with van der Waals surface area (Å²) in [6, 6.07) is 8.64. The first kappa shape index (κ1) is 18.8. The number of rotatable bonds is 3. The normalized spacial score (nSPS) is 17.5. The molecule has 6 nitrogen and oxygen atoms in total. The summed E-state index contributed by atoms with van der Waals surface area (Å²) in [6.07, 6.45) is 1.55. The monoisotopic (exact) mass is 343 g/mol. The van der Waals surface area contributed by atoms with Crippen molar-refractivity contribution in [3.8, 4) is 6.07 Å². The predicted molar refractivity (Wildman–Crippen MR) is 94.0 cm³/mol. The van der Waals surface area contributed by atoms with Crippen LogP contribution >= 0.6 is 0 Å². The standard InChI is InChI=1S/C19H25N3O3/c1-19(2,3)25-18(24)22-9-5-7-15(13-22)12-21-17(23)16-8-4-6-14(10-16)11-20/h4,6,8,10,15H,5,7,9,12-13H2,1-3H3,(H,21,23)/t15-/m1/s1. The van der Waals surface area contributed by atoms with Gasteiger partial charge >= 0.3 is 6.09 Å². The van der Waals surface area contributed by atoms with Crippen molar-refractivity contribution < 1.29 is 14.3 Å². The van der Waals surface area contributed by atoms with E-state index in [2.05, 4.69) is 5.32 Å². The predicted octanol–water partition coefficient (Wildman–Crippen LogP) is 2.94. The van der Waals surface area contributed by atoms with Gasteiger partial charge in [-0.15, -0.1) is 0 Å². The number of carbonyl (C=O) groups is 2. The van der Waals surface area contributed by atoms with Crippen molar-refractivity contribution in [2.24, 2.45) is 5.92 Å². The largest absolute Gasteiger partial charge is 0.444 e. The van der Waals surface area contributed by atoms with Crippen LogP contribution in [0.1, 0.15) is 49.5 Å². The van der Waals surface area contributed by atoms with Gasteiger partial charge in [0.05, 0.1) is 11.6 Å². The second-order valence-corrected chi connectivity index (χ2v) is 7.34. The molecule has 0 spiro atoms. The lowest BCUT2D eigenvalue weighted by Gasteiger charge is -2.34. The molecule has 1 heterocycles. The Morgan fingerprint density at radius 3 is 2.84 bits per heavy atom. The zero-order valence-corrected chi connectivity index (χ0v) is 15.0. The summed E-state index contributed by atoms with van der Waals surface area (Å²) in [5.74, 6) is -0.00383. The summed E-state index contributed by atoms with van der Waals surface area (Å²) in [5, 5.41) is 11.8. The van der Waals surface area contributed by atoms with Gasteiger partial charge in [0.15, 0.2) is 0 Å². The molecule has 1 saturated heterocycles. The highest BCUT2D eigenvalue weighted by molar-refractivity contribution is 5.94. The van der Waals surface area contributed by atoms with Gasteiger partial charge in [0.25, 0.3) is 5.91 Å². The number of likely N-dealkylation sites (tertiary alicyclic amines) is 1. The van der Waals surface area contributed by atoms with Crippen LogP contribution in [0.15, 0.2) is 24.3 Å². The Hall–Kier alpha value is -2.55. The fraction of sp³-hybridized carbons (Fsp3) is 0.526. The van der Waals surface area contributed by atoms with Crippen molar-refractivity contribution in [2.75, 3.05) is 19.6 Å². The number of amides is 2. The lowest BCUT2D eigenvalue weighted by atomic mass is 9.98. The molecular weight excluding hydrogens is 318 g/mol. The zero-order valence-electron chi connectivity index (χ0n) is 15.0. The van der Waals surface area contributed by atoms with Gasteiger partial charge in [-0.3, -0.25) is 4.79 Å². The van der Waals surface area contributed by atoms with Gasteiger partial charge in [0, 0.05) is 25.2 Å². The van der Waals surface area contributed by atoms with Gasteiger partial charge in [0.2, 0.25) is 0 Å². The van der Waals surface area contributed by atoms with E-state index in [1.807, 2.05) is 26.8 Å². The quantitative estimate of drug-likeness (QED) is 0.915. The molecule has 1 atom stereocenters. The highest BCUT2D eigenvalue weighted by Gasteiger charge is 2.27. The molecule has 1 aliphatic rings. The highest BCUT2D eigenvalue weighted by Crippen LogP contribution is 2.19. The van der Waals surface area contributed by atoms with Crippen LogP contribution in [-0.4, -0.2) is 42.1 Å². The Labute approximate surface area is 148 Å². The fourth-order valence-electron chi connectivity index (χ4n) is 2.79. The summed E-state index contributed by atoms with van der Waals surface area (Å²) in [7, 11) is 0. The first-order valence-corrected chi connectivity index (χ1v) is 8.55. The molecule has 1 aromatic rings. The van der Waals surface area contributed by atoms with Crippen molar-refractivity contribution in [2.45, 2.75) is 39.2 Å². The van der Waals surface area contributed by atoms with Crippen LogP contribution in [-0.2, 0) is 4.74 Å². The molecule has 2 amide bonds. The Morgan fingerprint density at radius 1 is 1.40 bits per heavy atom. The number of carbonyl (C=O) groups excluding carboxylic acids is 2. The van der Waals surface area contributed by atoms with Crippen LogP contribution in [0.5, 0.6) is 0 Å². The van der Waals surface area contributed by atoms with Crippen LogP contribution in [0.25, 0.3) is 0 Å². The van der Waals surface area contributed by atoms with E-state index in [1.165, 1.54) is 0 Å². The van der Waals surface area contributed by atoms with Crippen molar-refractivity contribution in [3.05, 3.63) is 35.4 Å². The van der Waals surface area contributed by atoms with Gasteiger partial charge in [0.1, 0.15) is 5.60 Å². The van der Waals surface area contributed by atoms with Gasteiger partial charge in [-0.1, -0.05) is 6.07 Å². The number of nitrogens with one attached hydrogen (secondary N) is 1. The molecular formula is C19H25N3O3. The van der Waals surface area contributed by atoms with Crippen LogP contribution in [0, 0.1) is 17.2 Å². The second kappa shape index (κ2) is 8.02. The maximum atomic E-state index is 12.2. The molecule has 25 heavy (non-hydrogen) atoms. The van der Waals surface area contributed by atoms with Crippen molar-refractivity contribution in [3.63, 3.8) is 0 Å². The maximum Gasteiger partial charge on any atom is 0.410 e. The molecule has 2 rings (SSSR count). The summed E-state index contributed by atoms with van der Waals surface area (Å²) in [5.41, 5.74) is 0.421. The Morgan fingerprint density at radius 2 is 2.16 bits per heavy atom. The first-order chi connectivity index (χ1) is 11.8. The minimum atomic E-state index is -0.510. The number of hydrogen-bond donors (Lipinski definition) is 1. The third kappa shape index (κ3) is 5.79. The number of benzene rings is 1. The lowest BCUT2D eigenvalue weighted by Crippen LogP contribution is -2.45. The molecule has 134 valence electrons. The van der Waals surface area contributed by atoms with Gasteiger partial charge in [-0.05, 0) is 57.7 Å². The first-order valence-electron chi connectivity index (χ1n) is 8.55. The maximum absolute atomic E-state index is 12.2. The topological polar surface area (TPSA) is 82.4 Å². The Kier molecular flexibility index (Phi) is 6.02. The molecule has 0 saturated carbocycles. The molecule has 1 aliphatic heterocycles. The average Bonchev–Trinajstić information content (AvgIpc) is 2.58. The number of hydrogen-bond acceptors (Lipinski definition) is 4. The van der Waals surface area contributed by atoms with E-state index in [0.717, 1.165) is 12.8 Å². The minimum absolute atomic E-state index is 0.198. The molecule has 0 unspecified atom stereocenters. The summed E-state index contributed by atoms with van der Waals surface area (Å²) < 4.78 is 5.41. The van der Waals surface area contributed by atoms with Crippen molar-refractivity contribution in [1.82, 2.24) is 10.2 Å². The average molecular weight is 343 g/mol. The molecule has 0 bridgehead atoms. The van der Waals surface area contributed by atoms with E-state index < -0.39 is 5.60 Å². The molecule has 0 radical (unpaired) electrons.